The highest BCUT2D eigenvalue weighted by atomic mass is 16.5. The van der Waals surface area contributed by atoms with Crippen molar-refractivity contribution in [2.45, 2.75) is 37.8 Å². The molecule has 1 saturated carbocycles. The SMILES string of the molecule is COc1cc(OC)c(OC)cc1CNC(=O)C1(N)CCCC1. The van der Waals surface area contributed by atoms with Crippen molar-refractivity contribution in [1.29, 1.82) is 0 Å². The Kier molecular flexibility index (Phi) is 5.13. The van der Waals surface area contributed by atoms with Gasteiger partial charge in [-0.2, -0.15) is 0 Å². The third-order valence-electron chi connectivity index (χ3n) is 4.17. The van der Waals surface area contributed by atoms with Gasteiger partial charge in [0.2, 0.25) is 5.91 Å². The number of hydrogen-bond acceptors (Lipinski definition) is 5. The first-order chi connectivity index (χ1) is 10.5. The van der Waals surface area contributed by atoms with Crippen LogP contribution in [0.5, 0.6) is 17.2 Å². The van der Waals surface area contributed by atoms with Crippen LogP contribution in [-0.4, -0.2) is 32.8 Å². The highest BCUT2D eigenvalue weighted by molar-refractivity contribution is 5.86. The van der Waals surface area contributed by atoms with Gasteiger partial charge in [0.15, 0.2) is 11.5 Å². The van der Waals surface area contributed by atoms with E-state index in [0.29, 0.717) is 23.8 Å². The Morgan fingerprint density at radius 1 is 1.09 bits per heavy atom. The molecule has 1 aliphatic rings. The lowest BCUT2D eigenvalue weighted by atomic mass is 9.98. The van der Waals surface area contributed by atoms with Crippen molar-refractivity contribution in [3.63, 3.8) is 0 Å². The highest BCUT2D eigenvalue weighted by Crippen LogP contribution is 2.34. The Hall–Kier alpha value is -1.95. The van der Waals surface area contributed by atoms with Crippen LogP contribution in [0.25, 0.3) is 0 Å². The van der Waals surface area contributed by atoms with E-state index < -0.39 is 5.54 Å². The molecule has 2 rings (SSSR count). The number of carbonyl (C=O) groups is 1. The molecule has 1 aromatic carbocycles. The summed E-state index contributed by atoms with van der Waals surface area (Å²) in [5.41, 5.74) is 6.23. The average Bonchev–Trinajstić information content (AvgIpc) is 2.99. The number of amides is 1. The minimum absolute atomic E-state index is 0.109. The Balaban J connectivity index is 2.13. The molecule has 1 aliphatic carbocycles. The number of rotatable bonds is 6. The van der Waals surface area contributed by atoms with Gasteiger partial charge in [0.05, 0.1) is 26.9 Å². The largest absolute Gasteiger partial charge is 0.496 e. The maximum Gasteiger partial charge on any atom is 0.240 e. The van der Waals surface area contributed by atoms with E-state index >= 15 is 0 Å². The van der Waals surface area contributed by atoms with Gasteiger partial charge in [0.25, 0.3) is 0 Å². The lowest BCUT2D eigenvalue weighted by Crippen LogP contribution is -2.51. The summed E-state index contributed by atoms with van der Waals surface area (Å²) in [6.07, 6.45) is 3.48. The molecule has 0 aliphatic heterocycles. The molecule has 0 bridgehead atoms. The van der Waals surface area contributed by atoms with Gasteiger partial charge < -0.3 is 25.3 Å². The van der Waals surface area contributed by atoms with Gasteiger partial charge in [0.1, 0.15) is 5.75 Å². The van der Waals surface area contributed by atoms with E-state index in [4.69, 9.17) is 19.9 Å². The quantitative estimate of drug-likeness (QED) is 0.834. The molecule has 0 atom stereocenters. The average molecular weight is 308 g/mol. The fraction of sp³-hybridized carbons (Fsp3) is 0.562. The van der Waals surface area contributed by atoms with Crippen LogP contribution in [0.3, 0.4) is 0 Å². The van der Waals surface area contributed by atoms with Gasteiger partial charge in [-0.3, -0.25) is 4.79 Å². The second-order valence-corrected chi connectivity index (χ2v) is 5.56. The summed E-state index contributed by atoms with van der Waals surface area (Å²) >= 11 is 0. The van der Waals surface area contributed by atoms with Gasteiger partial charge >= 0.3 is 0 Å². The summed E-state index contributed by atoms with van der Waals surface area (Å²) in [5, 5.41) is 2.90. The molecule has 0 saturated heterocycles. The third kappa shape index (κ3) is 3.27. The molecule has 0 aromatic heterocycles. The molecule has 1 fully saturated rings. The van der Waals surface area contributed by atoms with Crippen LogP contribution in [0, 0.1) is 0 Å². The molecular formula is C16H24N2O4. The molecule has 22 heavy (non-hydrogen) atoms. The molecule has 122 valence electrons. The summed E-state index contributed by atoms with van der Waals surface area (Å²) in [4.78, 5) is 12.3. The monoisotopic (exact) mass is 308 g/mol. The topological polar surface area (TPSA) is 82.8 Å². The van der Waals surface area contributed by atoms with Crippen LogP contribution in [-0.2, 0) is 11.3 Å². The maximum atomic E-state index is 12.3. The van der Waals surface area contributed by atoms with Crippen LogP contribution in [0.2, 0.25) is 0 Å². The van der Waals surface area contributed by atoms with Crippen LogP contribution in [0.15, 0.2) is 12.1 Å². The van der Waals surface area contributed by atoms with Gasteiger partial charge in [-0.1, -0.05) is 12.8 Å². The van der Waals surface area contributed by atoms with E-state index in [1.54, 1.807) is 33.5 Å². The number of nitrogens with two attached hydrogens (primary N) is 1. The Morgan fingerprint density at radius 2 is 1.64 bits per heavy atom. The highest BCUT2D eigenvalue weighted by Gasteiger charge is 2.36. The molecule has 3 N–H and O–H groups in total. The maximum absolute atomic E-state index is 12.3. The van der Waals surface area contributed by atoms with Crippen molar-refractivity contribution >= 4 is 5.91 Å². The molecule has 0 heterocycles. The zero-order valence-electron chi connectivity index (χ0n) is 13.4. The fourth-order valence-electron chi connectivity index (χ4n) is 2.82. The second kappa shape index (κ2) is 6.87. The number of carbonyl (C=O) groups excluding carboxylic acids is 1. The molecular weight excluding hydrogens is 284 g/mol. The number of benzene rings is 1. The van der Waals surface area contributed by atoms with E-state index in [2.05, 4.69) is 5.32 Å². The third-order valence-corrected chi connectivity index (χ3v) is 4.17. The lowest BCUT2D eigenvalue weighted by Gasteiger charge is -2.23. The van der Waals surface area contributed by atoms with Crippen molar-refractivity contribution in [3.05, 3.63) is 17.7 Å². The van der Waals surface area contributed by atoms with E-state index in [-0.39, 0.29) is 5.91 Å². The van der Waals surface area contributed by atoms with E-state index in [0.717, 1.165) is 31.2 Å². The van der Waals surface area contributed by atoms with Gasteiger partial charge in [-0.05, 0) is 18.9 Å². The Bertz CT molecular complexity index is 539. The predicted octanol–water partition coefficient (Wildman–Crippen LogP) is 1.60. The van der Waals surface area contributed by atoms with Crippen LogP contribution < -0.4 is 25.3 Å². The zero-order chi connectivity index (χ0) is 16.2. The van der Waals surface area contributed by atoms with E-state index in [1.807, 2.05) is 0 Å². The summed E-state index contributed by atoms with van der Waals surface area (Å²) < 4.78 is 15.9. The summed E-state index contributed by atoms with van der Waals surface area (Å²) in [6.45, 7) is 0.335. The molecule has 0 radical (unpaired) electrons. The molecule has 0 unspecified atom stereocenters. The minimum Gasteiger partial charge on any atom is -0.496 e. The summed E-state index contributed by atoms with van der Waals surface area (Å²) in [7, 11) is 4.71. The predicted molar refractivity (Wildman–Crippen MR) is 83.3 cm³/mol. The van der Waals surface area contributed by atoms with Crippen molar-refractivity contribution in [2.75, 3.05) is 21.3 Å². The van der Waals surface area contributed by atoms with Crippen molar-refractivity contribution in [2.24, 2.45) is 5.73 Å². The molecule has 6 nitrogen and oxygen atoms in total. The first-order valence-corrected chi connectivity index (χ1v) is 7.40. The first kappa shape index (κ1) is 16.4. The lowest BCUT2D eigenvalue weighted by molar-refractivity contribution is -0.126. The standard InChI is InChI=1S/C16H24N2O4/c1-20-12-9-14(22-3)13(21-2)8-11(12)10-18-15(19)16(17)6-4-5-7-16/h8-9H,4-7,10,17H2,1-3H3,(H,18,19). The minimum atomic E-state index is -0.732. The number of nitrogens with one attached hydrogen (secondary N) is 1. The smallest absolute Gasteiger partial charge is 0.240 e. The summed E-state index contributed by atoms with van der Waals surface area (Å²) in [6, 6.07) is 3.55. The second-order valence-electron chi connectivity index (χ2n) is 5.56. The Labute approximate surface area is 130 Å². The number of methoxy groups -OCH3 is 3. The fourth-order valence-corrected chi connectivity index (χ4v) is 2.82. The molecule has 6 heteroatoms. The normalized spacial score (nSPS) is 16.2. The molecule has 1 amide bonds. The zero-order valence-corrected chi connectivity index (χ0v) is 13.4. The van der Waals surface area contributed by atoms with Gasteiger partial charge in [0, 0.05) is 18.2 Å². The van der Waals surface area contributed by atoms with Gasteiger partial charge in [-0.15, -0.1) is 0 Å². The van der Waals surface area contributed by atoms with Crippen LogP contribution in [0.1, 0.15) is 31.2 Å². The Morgan fingerprint density at radius 3 is 2.18 bits per heavy atom. The van der Waals surface area contributed by atoms with Gasteiger partial charge in [-0.25, -0.2) is 0 Å². The van der Waals surface area contributed by atoms with Crippen LogP contribution >= 0.6 is 0 Å². The summed E-state index contributed by atoms with van der Waals surface area (Å²) in [5.74, 6) is 1.70. The number of hydrogen-bond donors (Lipinski definition) is 2. The first-order valence-electron chi connectivity index (χ1n) is 7.40. The van der Waals surface area contributed by atoms with Crippen molar-refractivity contribution in [1.82, 2.24) is 5.32 Å². The van der Waals surface area contributed by atoms with E-state index in [1.165, 1.54) is 0 Å². The van der Waals surface area contributed by atoms with Crippen molar-refractivity contribution < 1.29 is 19.0 Å². The molecule has 1 aromatic rings. The van der Waals surface area contributed by atoms with Crippen molar-refractivity contribution in [3.8, 4) is 17.2 Å². The number of ether oxygens (including phenoxy) is 3. The van der Waals surface area contributed by atoms with E-state index in [9.17, 15) is 4.79 Å². The molecule has 0 spiro atoms. The van der Waals surface area contributed by atoms with Crippen LogP contribution in [0.4, 0.5) is 0 Å².